The third kappa shape index (κ3) is 4.29. The van der Waals surface area contributed by atoms with Crippen molar-refractivity contribution >= 4 is 0 Å². The molecular formula is C22H26FNO4. The molecule has 2 aliphatic rings. The minimum absolute atomic E-state index is 0.257. The number of hydrogen-bond donors (Lipinski definition) is 3. The maximum Gasteiger partial charge on any atom is 0.126 e. The number of hydrogen-bond acceptors (Lipinski definition) is 5. The molecule has 0 fully saturated rings. The second-order valence-corrected chi connectivity index (χ2v) is 7.54. The molecule has 150 valence electrons. The lowest BCUT2D eigenvalue weighted by molar-refractivity contribution is 0.00896. The minimum Gasteiger partial charge on any atom is -0.487 e. The molecule has 4 rings (SSSR count). The van der Waals surface area contributed by atoms with E-state index < -0.39 is 12.2 Å². The molecule has 2 aromatic rings. The number of nitrogens with one attached hydrogen (secondary N) is 1. The Morgan fingerprint density at radius 2 is 1.50 bits per heavy atom. The summed E-state index contributed by atoms with van der Waals surface area (Å²) in [7, 11) is 0. The summed E-state index contributed by atoms with van der Waals surface area (Å²) in [5.74, 6) is 1.19. The number of rotatable bonds is 6. The number of halogens is 1. The molecule has 4 atom stereocenters. The highest BCUT2D eigenvalue weighted by Crippen LogP contribution is 2.30. The van der Waals surface area contributed by atoms with E-state index in [1.807, 2.05) is 24.3 Å². The van der Waals surface area contributed by atoms with Crippen LogP contribution in [0.15, 0.2) is 42.5 Å². The standard InChI is InChI=1S/C22H26FNO4/c23-16-7-10-20-15(11-16)6-9-22(28-20)18(26)13-24-12-17(25)21-8-5-14-3-1-2-4-19(14)27-21/h1-4,7,10-11,17-18,21-22,24-26H,5-6,8-9,12-13H2/t17-,18-,21-,22+/m0/s1. The highest BCUT2D eigenvalue weighted by atomic mass is 19.1. The summed E-state index contributed by atoms with van der Waals surface area (Å²) < 4.78 is 25.0. The fraction of sp³-hybridized carbons (Fsp3) is 0.455. The van der Waals surface area contributed by atoms with Crippen LogP contribution in [-0.2, 0) is 12.8 Å². The number of para-hydroxylation sites is 1. The smallest absolute Gasteiger partial charge is 0.126 e. The van der Waals surface area contributed by atoms with E-state index in [4.69, 9.17) is 9.47 Å². The zero-order valence-corrected chi connectivity index (χ0v) is 15.7. The van der Waals surface area contributed by atoms with Crippen molar-refractivity contribution in [1.82, 2.24) is 5.32 Å². The first-order valence-corrected chi connectivity index (χ1v) is 9.86. The maximum absolute atomic E-state index is 13.3. The molecule has 0 radical (unpaired) electrons. The van der Waals surface area contributed by atoms with Gasteiger partial charge >= 0.3 is 0 Å². The summed E-state index contributed by atoms with van der Waals surface area (Å²) in [5.41, 5.74) is 2.01. The van der Waals surface area contributed by atoms with Gasteiger partial charge in [0.15, 0.2) is 0 Å². The fourth-order valence-corrected chi connectivity index (χ4v) is 3.91. The molecule has 0 bridgehead atoms. The Balaban J connectivity index is 1.23. The third-order valence-corrected chi connectivity index (χ3v) is 5.51. The van der Waals surface area contributed by atoms with E-state index >= 15 is 0 Å². The van der Waals surface area contributed by atoms with Crippen molar-refractivity contribution in [3.8, 4) is 11.5 Å². The Labute approximate surface area is 164 Å². The van der Waals surface area contributed by atoms with Gasteiger partial charge in [0.25, 0.3) is 0 Å². The monoisotopic (exact) mass is 387 g/mol. The van der Waals surface area contributed by atoms with Gasteiger partial charge < -0.3 is 25.0 Å². The second kappa shape index (κ2) is 8.47. The number of aliphatic hydroxyl groups excluding tert-OH is 2. The Bertz CT molecular complexity index is 815. The molecule has 5 nitrogen and oxygen atoms in total. The molecule has 6 heteroatoms. The summed E-state index contributed by atoms with van der Waals surface area (Å²) in [6.45, 7) is 0.639. The molecule has 28 heavy (non-hydrogen) atoms. The highest BCUT2D eigenvalue weighted by Gasteiger charge is 2.28. The SMILES string of the molecule is O[C@@H](CNC[C@H](O)[C@H]1CCc2cc(F)ccc2O1)[C@@H]1CCc2ccccc2O1. The Kier molecular flexibility index (Phi) is 5.80. The zero-order chi connectivity index (χ0) is 19.5. The van der Waals surface area contributed by atoms with Crippen molar-refractivity contribution in [3.05, 3.63) is 59.4 Å². The van der Waals surface area contributed by atoms with Gasteiger partial charge in [-0.1, -0.05) is 18.2 Å². The van der Waals surface area contributed by atoms with Crippen molar-refractivity contribution in [2.45, 2.75) is 50.1 Å². The lowest BCUT2D eigenvalue weighted by atomic mass is 9.98. The molecule has 0 amide bonds. The zero-order valence-electron chi connectivity index (χ0n) is 15.7. The van der Waals surface area contributed by atoms with E-state index in [1.165, 1.54) is 17.7 Å². The summed E-state index contributed by atoms with van der Waals surface area (Å²) in [5, 5.41) is 24.0. The summed E-state index contributed by atoms with van der Waals surface area (Å²) in [4.78, 5) is 0. The van der Waals surface area contributed by atoms with Crippen molar-refractivity contribution in [3.63, 3.8) is 0 Å². The fourth-order valence-electron chi connectivity index (χ4n) is 3.91. The first kappa shape index (κ1) is 19.2. The third-order valence-electron chi connectivity index (χ3n) is 5.51. The van der Waals surface area contributed by atoms with Gasteiger partial charge in [-0.25, -0.2) is 4.39 Å². The van der Waals surface area contributed by atoms with Crippen molar-refractivity contribution < 1.29 is 24.1 Å². The minimum atomic E-state index is -0.710. The van der Waals surface area contributed by atoms with Gasteiger partial charge in [0.2, 0.25) is 0 Å². The van der Waals surface area contributed by atoms with Gasteiger partial charge in [-0.2, -0.15) is 0 Å². The van der Waals surface area contributed by atoms with Crippen molar-refractivity contribution in [2.75, 3.05) is 13.1 Å². The molecule has 2 aromatic carbocycles. The van der Waals surface area contributed by atoms with E-state index in [2.05, 4.69) is 5.32 Å². The molecule has 0 aliphatic carbocycles. The van der Waals surface area contributed by atoms with Crippen LogP contribution in [0, 0.1) is 5.82 Å². The Morgan fingerprint density at radius 1 is 0.893 bits per heavy atom. The van der Waals surface area contributed by atoms with Gasteiger partial charge in [0, 0.05) is 13.1 Å². The Morgan fingerprint density at radius 3 is 2.21 bits per heavy atom. The molecule has 0 spiro atoms. The van der Waals surface area contributed by atoms with Gasteiger partial charge in [0.1, 0.15) is 41.7 Å². The predicted octanol–water partition coefficient (Wildman–Crippen LogP) is 2.22. The van der Waals surface area contributed by atoms with E-state index in [0.717, 1.165) is 24.2 Å². The van der Waals surface area contributed by atoms with Crippen LogP contribution < -0.4 is 14.8 Å². The van der Waals surface area contributed by atoms with Crippen LogP contribution in [-0.4, -0.2) is 47.7 Å². The van der Waals surface area contributed by atoms with Crippen molar-refractivity contribution in [2.24, 2.45) is 0 Å². The lowest BCUT2D eigenvalue weighted by Gasteiger charge is -2.31. The quantitative estimate of drug-likeness (QED) is 0.709. The van der Waals surface area contributed by atoms with E-state index in [1.54, 1.807) is 6.07 Å². The number of fused-ring (bicyclic) bond motifs is 2. The molecule has 0 saturated heterocycles. The summed E-state index contributed by atoms with van der Waals surface area (Å²) in [6, 6.07) is 12.3. The van der Waals surface area contributed by atoms with Crippen LogP contribution in [0.5, 0.6) is 11.5 Å². The van der Waals surface area contributed by atoms with Gasteiger partial charge in [0.05, 0.1) is 0 Å². The van der Waals surface area contributed by atoms with Crippen LogP contribution >= 0.6 is 0 Å². The molecule has 2 aliphatic heterocycles. The molecule has 3 N–H and O–H groups in total. The molecule has 0 aromatic heterocycles. The Hall–Kier alpha value is -2.15. The number of aliphatic hydroxyl groups is 2. The average Bonchev–Trinajstić information content (AvgIpc) is 2.72. The topological polar surface area (TPSA) is 71.0 Å². The van der Waals surface area contributed by atoms with Crippen LogP contribution in [0.4, 0.5) is 4.39 Å². The second-order valence-electron chi connectivity index (χ2n) is 7.54. The first-order valence-electron chi connectivity index (χ1n) is 9.86. The number of aryl methyl sites for hydroxylation is 2. The van der Waals surface area contributed by atoms with Gasteiger partial charge in [-0.15, -0.1) is 0 Å². The van der Waals surface area contributed by atoms with E-state index in [9.17, 15) is 14.6 Å². The molecule has 0 unspecified atom stereocenters. The van der Waals surface area contributed by atoms with Crippen LogP contribution in [0.3, 0.4) is 0 Å². The summed E-state index contributed by atoms with van der Waals surface area (Å²) >= 11 is 0. The number of benzene rings is 2. The van der Waals surface area contributed by atoms with Crippen LogP contribution in [0.2, 0.25) is 0 Å². The maximum atomic E-state index is 13.3. The first-order chi connectivity index (χ1) is 13.6. The molecular weight excluding hydrogens is 361 g/mol. The van der Waals surface area contributed by atoms with Crippen LogP contribution in [0.1, 0.15) is 24.0 Å². The largest absolute Gasteiger partial charge is 0.487 e. The van der Waals surface area contributed by atoms with E-state index in [-0.39, 0.29) is 18.0 Å². The van der Waals surface area contributed by atoms with Gasteiger partial charge in [-0.3, -0.25) is 0 Å². The summed E-state index contributed by atoms with van der Waals surface area (Å²) in [6.07, 6.45) is 0.984. The normalized spacial score (nSPS) is 23.0. The number of ether oxygens (including phenoxy) is 2. The van der Waals surface area contributed by atoms with Crippen molar-refractivity contribution in [1.29, 1.82) is 0 Å². The van der Waals surface area contributed by atoms with E-state index in [0.29, 0.717) is 31.7 Å². The average molecular weight is 387 g/mol. The molecule has 0 saturated carbocycles. The highest BCUT2D eigenvalue weighted by molar-refractivity contribution is 5.36. The van der Waals surface area contributed by atoms with Gasteiger partial charge in [-0.05, 0) is 61.1 Å². The molecule has 2 heterocycles. The lowest BCUT2D eigenvalue weighted by Crippen LogP contribution is -2.46. The predicted molar refractivity (Wildman–Crippen MR) is 103 cm³/mol. The van der Waals surface area contributed by atoms with Crippen LogP contribution in [0.25, 0.3) is 0 Å².